The second kappa shape index (κ2) is 11.4. The monoisotopic (exact) mass is 478 g/mol. The van der Waals surface area contributed by atoms with Gasteiger partial charge in [-0.05, 0) is 43.5 Å². The quantitative estimate of drug-likeness (QED) is 0.433. The van der Waals surface area contributed by atoms with E-state index in [0.29, 0.717) is 37.8 Å². The van der Waals surface area contributed by atoms with Crippen LogP contribution in [0.2, 0.25) is 0 Å². The lowest BCUT2D eigenvalue weighted by Crippen LogP contribution is -2.24. The van der Waals surface area contributed by atoms with Crippen LogP contribution in [0.25, 0.3) is 11.4 Å². The summed E-state index contributed by atoms with van der Waals surface area (Å²) in [7, 11) is 0. The lowest BCUT2D eigenvalue weighted by Gasteiger charge is -2.17. The molecule has 1 saturated heterocycles. The first kappa shape index (κ1) is 24.8. The van der Waals surface area contributed by atoms with Crippen LogP contribution in [0, 0.1) is 0 Å². The average Bonchev–Trinajstić information content (AvgIpc) is 3.20. The number of aromatic nitrogens is 2. The highest BCUT2D eigenvalue weighted by molar-refractivity contribution is 5.67. The minimum Gasteiger partial charge on any atom is -0.487 e. The molecule has 0 spiro atoms. The third-order valence-electron chi connectivity index (χ3n) is 5.56. The number of hydrogen-bond acceptors (Lipinski definition) is 7. The van der Waals surface area contributed by atoms with Crippen molar-refractivity contribution in [3.05, 3.63) is 77.6 Å². The van der Waals surface area contributed by atoms with E-state index in [0.717, 1.165) is 22.4 Å². The Morgan fingerprint density at radius 3 is 2.63 bits per heavy atom. The van der Waals surface area contributed by atoms with E-state index in [-0.39, 0.29) is 19.1 Å². The molecule has 1 N–H and O–H groups in total. The third kappa shape index (κ3) is 7.08. The Morgan fingerprint density at radius 1 is 1.09 bits per heavy atom. The fourth-order valence-electron chi connectivity index (χ4n) is 3.86. The summed E-state index contributed by atoms with van der Waals surface area (Å²) in [5.41, 5.74) is 3.44. The predicted octanol–water partition coefficient (Wildman–Crippen LogP) is 4.41. The number of hydrogen-bond donors (Lipinski definition) is 1. The van der Waals surface area contributed by atoms with Gasteiger partial charge in [-0.2, -0.15) is 0 Å². The van der Waals surface area contributed by atoms with Gasteiger partial charge in [0.1, 0.15) is 18.5 Å². The Kier molecular flexibility index (Phi) is 8.07. The number of aryl methyl sites for hydroxylation is 1. The van der Waals surface area contributed by atoms with Crippen molar-refractivity contribution in [3.63, 3.8) is 0 Å². The molecule has 2 aromatic carbocycles. The van der Waals surface area contributed by atoms with Gasteiger partial charge >= 0.3 is 5.97 Å². The van der Waals surface area contributed by atoms with Crippen LogP contribution in [0.4, 0.5) is 0 Å². The molecule has 8 nitrogen and oxygen atoms in total. The Labute approximate surface area is 204 Å². The molecule has 4 rings (SSSR count). The number of carboxylic acid groups (broad SMARTS) is 1. The average molecular weight is 479 g/mol. The highest BCUT2D eigenvalue weighted by Gasteiger charge is 2.32. The first-order valence-electron chi connectivity index (χ1n) is 11.6. The third-order valence-corrected chi connectivity index (χ3v) is 5.56. The molecule has 0 saturated carbocycles. The van der Waals surface area contributed by atoms with Crippen molar-refractivity contribution in [2.24, 2.45) is 0 Å². The fourth-order valence-corrected chi connectivity index (χ4v) is 3.86. The summed E-state index contributed by atoms with van der Waals surface area (Å²) in [4.78, 5) is 20.1. The van der Waals surface area contributed by atoms with Gasteiger partial charge in [0.25, 0.3) is 0 Å². The summed E-state index contributed by atoms with van der Waals surface area (Å²) in [6.07, 6.45) is 2.07. The molecule has 8 heteroatoms. The highest BCUT2D eigenvalue weighted by atomic mass is 16.7. The largest absolute Gasteiger partial charge is 0.487 e. The Bertz CT molecular complexity index is 1150. The zero-order valence-corrected chi connectivity index (χ0v) is 20.0. The molecule has 1 aliphatic heterocycles. The molecule has 3 aromatic rings. The van der Waals surface area contributed by atoms with Gasteiger partial charge in [-0.3, -0.25) is 4.79 Å². The number of carbonyl (C=O) groups is 1. The summed E-state index contributed by atoms with van der Waals surface area (Å²) in [6.45, 7) is 5.38. The second-order valence-electron chi connectivity index (χ2n) is 8.78. The van der Waals surface area contributed by atoms with Crippen LogP contribution >= 0.6 is 0 Å². The van der Waals surface area contributed by atoms with E-state index in [1.807, 2.05) is 68.4 Å². The summed E-state index contributed by atoms with van der Waals surface area (Å²) in [5.74, 6) is -0.162. The molecule has 0 aliphatic carbocycles. The number of para-hydroxylation sites is 1. The summed E-state index contributed by atoms with van der Waals surface area (Å²) >= 11 is 0. The van der Waals surface area contributed by atoms with Gasteiger partial charge in [0.05, 0.1) is 25.5 Å². The van der Waals surface area contributed by atoms with Crippen LogP contribution in [0.3, 0.4) is 0 Å². The van der Waals surface area contributed by atoms with Crippen LogP contribution < -0.4 is 4.74 Å². The molecule has 0 bridgehead atoms. The molecule has 2 heterocycles. The van der Waals surface area contributed by atoms with Crippen molar-refractivity contribution in [2.45, 2.75) is 51.8 Å². The standard InChI is InChI=1S/C27H30N2O6/c1-27(2)34-18-22(35-27)17-32-15-20-8-3-5-9-23(20)26-28-14-13-21(29-26)16-33-24-10-6-4-7-19(24)11-12-25(30)31/h3-10,13-14,22H,11-12,15-18H2,1-2H3,(H,30,31). The molecule has 0 radical (unpaired) electrons. The number of rotatable bonds is 11. The maximum Gasteiger partial charge on any atom is 0.303 e. The predicted molar refractivity (Wildman–Crippen MR) is 129 cm³/mol. The van der Waals surface area contributed by atoms with Crippen LogP contribution in [-0.4, -0.2) is 46.1 Å². The van der Waals surface area contributed by atoms with Gasteiger partial charge in [0, 0.05) is 18.2 Å². The number of ether oxygens (including phenoxy) is 4. The van der Waals surface area contributed by atoms with Crippen LogP contribution in [0.5, 0.6) is 5.75 Å². The van der Waals surface area contributed by atoms with E-state index >= 15 is 0 Å². The summed E-state index contributed by atoms with van der Waals surface area (Å²) < 4.78 is 23.3. The summed E-state index contributed by atoms with van der Waals surface area (Å²) in [6, 6.07) is 17.1. The minimum atomic E-state index is -0.837. The molecule has 1 fully saturated rings. The van der Waals surface area contributed by atoms with Gasteiger partial charge in [-0.25, -0.2) is 9.97 Å². The van der Waals surface area contributed by atoms with Gasteiger partial charge in [-0.1, -0.05) is 42.5 Å². The Morgan fingerprint density at radius 2 is 1.86 bits per heavy atom. The topological polar surface area (TPSA) is 100 Å². The van der Waals surface area contributed by atoms with E-state index in [4.69, 9.17) is 29.0 Å². The first-order valence-corrected chi connectivity index (χ1v) is 11.6. The van der Waals surface area contributed by atoms with Crippen LogP contribution in [-0.2, 0) is 38.6 Å². The van der Waals surface area contributed by atoms with Crippen molar-refractivity contribution in [1.82, 2.24) is 9.97 Å². The molecular weight excluding hydrogens is 448 g/mol. The van der Waals surface area contributed by atoms with Gasteiger partial charge in [0.15, 0.2) is 11.6 Å². The molecule has 1 aromatic heterocycles. The van der Waals surface area contributed by atoms with Crippen molar-refractivity contribution in [2.75, 3.05) is 13.2 Å². The first-order chi connectivity index (χ1) is 16.9. The van der Waals surface area contributed by atoms with Crippen molar-refractivity contribution in [3.8, 4) is 17.1 Å². The van der Waals surface area contributed by atoms with E-state index in [1.165, 1.54) is 0 Å². The maximum atomic E-state index is 10.9. The number of aliphatic carboxylic acids is 1. The van der Waals surface area contributed by atoms with Crippen LogP contribution in [0.1, 0.15) is 37.1 Å². The van der Waals surface area contributed by atoms with E-state index in [1.54, 1.807) is 6.20 Å². The molecule has 184 valence electrons. The molecular formula is C27H30N2O6. The number of carboxylic acids is 1. The normalized spacial score (nSPS) is 16.8. The summed E-state index contributed by atoms with van der Waals surface area (Å²) in [5, 5.41) is 8.99. The lowest BCUT2D eigenvalue weighted by molar-refractivity contribution is -0.145. The Balaban J connectivity index is 1.40. The van der Waals surface area contributed by atoms with Crippen molar-refractivity contribution in [1.29, 1.82) is 0 Å². The lowest BCUT2D eigenvalue weighted by atomic mass is 10.1. The molecule has 1 atom stereocenters. The zero-order chi connectivity index (χ0) is 24.7. The SMILES string of the molecule is CC1(C)OCC(COCc2ccccc2-c2nccc(COc3ccccc3CCC(=O)O)n2)O1. The van der Waals surface area contributed by atoms with E-state index < -0.39 is 11.8 Å². The highest BCUT2D eigenvalue weighted by Crippen LogP contribution is 2.25. The zero-order valence-electron chi connectivity index (χ0n) is 20.0. The molecule has 1 aliphatic rings. The minimum absolute atomic E-state index is 0.0501. The van der Waals surface area contributed by atoms with E-state index in [9.17, 15) is 4.79 Å². The number of nitrogens with zero attached hydrogens (tertiary/aromatic N) is 2. The molecule has 1 unspecified atom stereocenters. The van der Waals surface area contributed by atoms with Gasteiger partial charge in [0.2, 0.25) is 0 Å². The van der Waals surface area contributed by atoms with Crippen molar-refractivity contribution < 1.29 is 28.8 Å². The second-order valence-corrected chi connectivity index (χ2v) is 8.78. The number of benzene rings is 2. The Hall–Kier alpha value is -3.33. The van der Waals surface area contributed by atoms with E-state index in [2.05, 4.69) is 4.98 Å². The van der Waals surface area contributed by atoms with Gasteiger partial charge in [-0.15, -0.1) is 0 Å². The maximum absolute atomic E-state index is 10.9. The van der Waals surface area contributed by atoms with Gasteiger partial charge < -0.3 is 24.1 Å². The smallest absolute Gasteiger partial charge is 0.303 e. The molecule has 0 amide bonds. The van der Waals surface area contributed by atoms with Crippen LogP contribution in [0.15, 0.2) is 60.8 Å². The molecule has 35 heavy (non-hydrogen) atoms. The fraction of sp³-hybridized carbons (Fsp3) is 0.370. The van der Waals surface area contributed by atoms with Crippen molar-refractivity contribution >= 4 is 5.97 Å².